The zero-order valence-electron chi connectivity index (χ0n) is 12.0. The van der Waals surface area contributed by atoms with Crippen molar-refractivity contribution in [3.8, 4) is 5.75 Å². The number of carbonyl (C=O) groups excluding carboxylic acids is 1. The molecule has 1 aliphatic rings. The van der Waals surface area contributed by atoms with Gasteiger partial charge in [0.1, 0.15) is 5.75 Å². The van der Waals surface area contributed by atoms with Crippen LogP contribution < -0.4 is 10.1 Å². The van der Waals surface area contributed by atoms with Crippen molar-refractivity contribution in [1.82, 2.24) is 4.90 Å². The zero-order chi connectivity index (χ0) is 15.2. The zero-order valence-corrected chi connectivity index (χ0v) is 12.0. The Morgan fingerprint density at radius 3 is 2.90 bits per heavy atom. The second-order valence-corrected chi connectivity index (χ2v) is 5.01. The molecule has 1 heterocycles. The average molecular weight is 292 g/mol. The number of urea groups is 1. The van der Waals surface area contributed by atoms with Crippen molar-refractivity contribution in [2.75, 3.05) is 18.5 Å². The van der Waals surface area contributed by atoms with Gasteiger partial charge in [-0.15, -0.1) is 0 Å². The molecular formula is C15H20N2O4. The number of carboxylic acids is 1. The maximum Gasteiger partial charge on any atom is 0.341 e. The van der Waals surface area contributed by atoms with Gasteiger partial charge in [0.15, 0.2) is 6.61 Å². The Kier molecular flexibility index (Phi) is 5.03. The van der Waals surface area contributed by atoms with Crippen LogP contribution in [0.5, 0.6) is 5.75 Å². The molecule has 0 aromatic heterocycles. The van der Waals surface area contributed by atoms with Crippen LogP contribution in [0.3, 0.4) is 0 Å². The van der Waals surface area contributed by atoms with Crippen LogP contribution in [-0.2, 0) is 4.79 Å². The number of ether oxygens (including phenoxy) is 1. The molecular weight excluding hydrogens is 272 g/mol. The second kappa shape index (κ2) is 6.97. The molecule has 2 N–H and O–H groups in total. The van der Waals surface area contributed by atoms with Gasteiger partial charge >= 0.3 is 12.0 Å². The van der Waals surface area contributed by atoms with Crippen LogP contribution >= 0.6 is 0 Å². The lowest BCUT2D eigenvalue weighted by molar-refractivity contribution is -0.139. The number of carboxylic acid groups (broad SMARTS) is 1. The molecule has 0 saturated carbocycles. The second-order valence-electron chi connectivity index (χ2n) is 5.01. The number of aliphatic carboxylic acids is 1. The predicted octanol–water partition coefficient (Wildman–Crippen LogP) is 2.56. The molecule has 1 aliphatic heterocycles. The number of carbonyl (C=O) groups is 2. The van der Waals surface area contributed by atoms with Gasteiger partial charge in [-0.1, -0.05) is 19.1 Å². The molecule has 0 radical (unpaired) electrons. The summed E-state index contributed by atoms with van der Waals surface area (Å²) in [6, 6.07) is 6.96. The van der Waals surface area contributed by atoms with E-state index in [-0.39, 0.29) is 12.1 Å². The minimum Gasteiger partial charge on any atom is -0.480 e. The van der Waals surface area contributed by atoms with Gasteiger partial charge in [0.25, 0.3) is 0 Å². The van der Waals surface area contributed by atoms with E-state index in [9.17, 15) is 9.59 Å². The first-order chi connectivity index (χ1) is 10.1. The van der Waals surface area contributed by atoms with Gasteiger partial charge < -0.3 is 20.1 Å². The van der Waals surface area contributed by atoms with E-state index >= 15 is 0 Å². The number of amides is 2. The largest absolute Gasteiger partial charge is 0.480 e. The number of benzene rings is 1. The molecule has 1 atom stereocenters. The molecule has 6 nitrogen and oxygen atoms in total. The molecule has 1 aromatic rings. The summed E-state index contributed by atoms with van der Waals surface area (Å²) < 4.78 is 5.18. The van der Waals surface area contributed by atoms with Crippen molar-refractivity contribution in [2.24, 2.45) is 0 Å². The normalized spacial score (nSPS) is 17.6. The van der Waals surface area contributed by atoms with Gasteiger partial charge in [-0.2, -0.15) is 0 Å². The quantitative estimate of drug-likeness (QED) is 0.874. The smallest absolute Gasteiger partial charge is 0.341 e. The number of nitrogens with one attached hydrogen (secondary N) is 1. The van der Waals surface area contributed by atoms with Gasteiger partial charge in [-0.3, -0.25) is 0 Å². The molecule has 2 rings (SSSR count). The number of para-hydroxylation sites is 2. The summed E-state index contributed by atoms with van der Waals surface area (Å²) in [5, 5.41) is 11.5. The Morgan fingerprint density at radius 1 is 1.43 bits per heavy atom. The Bertz CT molecular complexity index is 518. The maximum absolute atomic E-state index is 12.3. The predicted molar refractivity (Wildman–Crippen MR) is 78.6 cm³/mol. The summed E-state index contributed by atoms with van der Waals surface area (Å²) in [5.41, 5.74) is 0.491. The van der Waals surface area contributed by atoms with E-state index in [4.69, 9.17) is 9.84 Å². The van der Waals surface area contributed by atoms with Crippen LogP contribution in [0.15, 0.2) is 24.3 Å². The lowest BCUT2D eigenvalue weighted by Crippen LogP contribution is -2.38. The molecule has 1 saturated heterocycles. The highest BCUT2D eigenvalue weighted by molar-refractivity contribution is 5.91. The van der Waals surface area contributed by atoms with E-state index in [1.165, 1.54) is 0 Å². The van der Waals surface area contributed by atoms with Crippen molar-refractivity contribution < 1.29 is 19.4 Å². The van der Waals surface area contributed by atoms with E-state index in [2.05, 4.69) is 12.2 Å². The Morgan fingerprint density at radius 2 is 2.19 bits per heavy atom. The van der Waals surface area contributed by atoms with Gasteiger partial charge in [0, 0.05) is 12.6 Å². The third kappa shape index (κ3) is 3.87. The topological polar surface area (TPSA) is 78.9 Å². The fourth-order valence-corrected chi connectivity index (χ4v) is 2.55. The first-order valence-electron chi connectivity index (χ1n) is 7.13. The lowest BCUT2D eigenvalue weighted by Gasteiger charge is -2.24. The fraction of sp³-hybridized carbons (Fsp3) is 0.467. The van der Waals surface area contributed by atoms with Crippen molar-refractivity contribution in [3.05, 3.63) is 24.3 Å². The summed E-state index contributed by atoms with van der Waals surface area (Å²) >= 11 is 0. The summed E-state index contributed by atoms with van der Waals surface area (Å²) in [7, 11) is 0. The first-order valence-corrected chi connectivity index (χ1v) is 7.13. The van der Waals surface area contributed by atoms with Crippen molar-refractivity contribution >= 4 is 17.7 Å². The number of anilines is 1. The van der Waals surface area contributed by atoms with Gasteiger partial charge in [0.2, 0.25) is 0 Å². The minimum absolute atomic E-state index is 0.161. The van der Waals surface area contributed by atoms with Crippen molar-refractivity contribution in [1.29, 1.82) is 0 Å². The third-order valence-electron chi connectivity index (χ3n) is 3.59. The van der Waals surface area contributed by atoms with E-state index in [0.717, 1.165) is 25.8 Å². The SMILES string of the molecule is CCC1CCCN1C(=O)Nc1ccccc1OCC(=O)O. The van der Waals surface area contributed by atoms with Crippen LogP contribution in [0.25, 0.3) is 0 Å². The molecule has 0 spiro atoms. The molecule has 0 bridgehead atoms. The molecule has 1 aromatic carbocycles. The highest BCUT2D eigenvalue weighted by Gasteiger charge is 2.27. The van der Waals surface area contributed by atoms with Gasteiger partial charge in [-0.05, 0) is 31.4 Å². The summed E-state index contributed by atoms with van der Waals surface area (Å²) in [6.45, 7) is 2.39. The first kappa shape index (κ1) is 15.2. The summed E-state index contributed by atoms with van der Waals surface area (Å²) in [5.74, 6) is -0.692. The minimum atomic E-state index is -1.05. The van der Waals surface area contributed by atoms with Gasteiger partial charge in [0.05, 0.1) is 5.69 Å². The average Bonchev–Trinajstić information content (AvgIpc) is 2.94. The van der Waals surface area contributed by atoms with E-state index in [1.54, 1.807) is 24.3 Å². The number of nitrogens with zero attached hydrogens (tertiary/aromatic N) is 1. The molecule has 1 unspecified atom stereocenters. The van der Waals surface area contributed by atoms with Crippen LogP contribution in [0, 0.1) is 0 Å². The molecule has 0 aliphatic carbocycles. The number of likely N-dealkylation sites (tertiary alicyclic amines) is 1. The lowest BCUT2D eigenvalue weighted by atomic mass is 10.2. The maximum atomic E-state index is 12.3. The van der Waals surface area contributed by atoms with Gasteiger partial charge in [-0.25, -0.2) is 9.59 Å². The van der Waals surface area contributed by atoms with E-state index in [1.807, 2.05) is 4.90 Å². The standard InChI is InChI=1S/C15H20N2O4/c1-2-11-6-5-9-17(11)15(20)16-12-7-3-4-8-13(12)21-10-14(18)19/h3-4,7-8,11H,2,5-6,9-10H2,1H3,(H,16,20)(H,18,19). The highest BCUT2D eigenvalue weighted by atomic mass is 16.5. The highest BCUT2D eigenvalue weighted by Crippen LogP contribution is 2.26. The number of hydrogen-bond acceptors (Lipinski definition) is 3. The Balaban J connectivity index is 2.05. The fourth-order valence-electron chi connectivity index (χ4n) is 2.55. The van der Waals surface area contributed by atoms with E-state index in [0.29, 0.717) is 11.4 Å². The monoisotopic (exact) mass is 292 g/mol. The molecule has 114 valence electrons. The number of hydrogen-bond donors (Lipinski definition) is 2. The molecule has 2 amide bonds. The summed E-state index contributed by atoms with van der Waals surface area (Å²) in [6.07, 6.45) is 2.98. The van der Waals surface area contributed by atoms with Crippen LogP contribution in [0.1, 0.15) is 26.2 Å². The summed E-state index contributed by atoms with van der Waals surface area (Å²) in [4.78, 5) is 24.7. The van der Waals surface area contributed by atoms with Crippen molar-refractivity contribution in [3.63, 3.8) is 0 Å². The Hall–Kier alpha value is -2.24. The third-order valence-corrected chi connectivity index (χ3v) is 3.59. The molecule has 21 heavy (non-hydrogen) atoms. The van der Waals surface area contributed by atoms with E-state index < -0.39 is 12.6 Å². The van der Waals surface area contributed by atoms with Crippen LogP contribution in [0.2, 0.25) is 0 Å². The van der Waals surface area contributed by atoms with Crippen LogP contribution in [0.4, 0.5) is 10.5 Å². The molecule has 6 heteroatoms. The van der Waals surface area contributed by atoms with Crippen molar-refractivity contribution in [2.45, 2.75) is 32.2 Å². The molecule has 1 fully saturated rings. The Labute approximate surface area is 123 Å². The van der Waals surface area contributed by atoms with Crippen LogP contribution in [-0.4, -0.2) is 41.2 Å². The number of rotatable bonds is 5.